The van der Waals surface area contributed by atoms with Crippen molar-refractivity contribution < 1.29 is 13.2 Å². The van der Waals surface area contributed by atoms with Crippen molar-refractivity contribution in [2.75, 3.05) is 23.0 Å². The zero-order valence-electron chi connectivity index (χ0n) is 11.3. The number of anilines is 1. The molecule has 0 spiro atoms. The van der Waals surface area contributed by atoms with Crippen molar-refractivity contribution in [2.45, 2.75) is 23.8 Å². The summed E-state index contributed by atoms with van der Waals surface area (Å²) in [6, 6.07) is 7.34. The second-order valence-corrected chi connectivity index (χ2v) is 8.48. The zero-order valence-corrected chi connectivity index (χ0v) is 12.9. The van der Waals surface area contributed by atoms with Gasteiger partial charge in [0.2, 0.25) is 5.91 Å². The number of hydrogen-bond acceptors (Lipinski definition) is 5. The van der Waals surface area contributed by atoms with E-state index in [0.717, 1.165) is 4.90 Å². The lowest BCUT2D eigenvalue weighted by molar-refractivity contribution is -0.120. The Hall–Kier alpha value is -1.21. The van der Waals surface area contributed by atoms with Crippen molar-refractivity contribution in [3.63, 3.8) is 0 Å². The van der Waals surface area contributed by atoms with Gasteiger partial charge in [-0.25, -0.2) is 8.42 Å². The van der Waals surface area contributed by atoms with Crippen LogP contribution in [0.2, 0.25) is 0 Å². The van der Waals surface area contributed by atoms with Crippen LogP contribution in [0.5, 0.6) is 0 Å². The van der Waals surface area contributed by atoms with Gasteiger partial charge in [0, 0.05) is 10.6 Å². The molecule has 20 heavy (non-hydrogen) atoms. The lowest BCUT2D eigenvalue weighted by Gasteiger charge is -2.23. The molecule has 5 nitrogen and oxygen atoms in total. The lowest BCUT2D eigenvalue weighted by Crippen LogP contribution is -2.47. The smallest absolute Gasteiger partial charge is 0.230 e. The van der Waals surface area contributed by atoms with Crippen molar-refractivity contribution in [3.05, 3.63) is 24.3 Å². The molecule has 0 aromatic heterocycles. The van der Waals surface area contributed by atoms with E-state index in [2.05, 4.69) is 5.32 Å². The molecule has 0 bridgehead atoms. The van der Waals surface area contributed by atoms with Crippen LogP contribution in [0, 0.1) is 0 Å². The van der Waals surface area contributed by atoms with Crippen LogP contribution in [0.3, 0.4) is 0 Å². The monoisotopic (exact) mass is 314 g/mol. The lowest BCUT2D eigenvalue weighted by atomic mass is 10.0. The summed E-state index contributed by atoms with van der Waals surface area (Å²) < 4.78 is 23.0. The molecule has 1 aliphatic heterocycles. The van der Waals surface area contributed by atoms with Crippen molar-refractivity contribution in [1.82, 2.24) is 5.32 Å². The predicted molar refractivity (Wildman–Crippen MR) is 81.4 cm³/mol. The van der Waals surface area contributed by atoms with E-state index in [1.807, 2.05) is 18.2 Å². The molecule has 7 heteroatoms. The number of para-hydroxylation sites is 1. The topological polar surface area (TPSA) is 89.3 Å². The largest absolute Gasteiger partial charge is 0.398 e. The minimum absolute atomic E-state index is 0.0177. The van der Waals surface area contributed by atoms with Gasteiger partial charge < -0.3 is 11.1 Å². The van der Waals surface area contributed by atoms with Gasteiger partial charge in [0.25, 0.3) is 0 Å². The van der Waals surface area contributed by atoms with Crippen LogP contribution in [-0.2, 0) is 14.6 Å². The Kier molecular flexibility index (Phi) is 4.29. The van der Waals surface area contributed by atoms with Gasteiger partial charge in [-0.15, -0.1) is 11.8 Å². The van der Waals surface area contributed by atoms with Crippen LogP contribution >= 0.6 is 11.8 Å². The Morgan fingerprint density at radius 3 is 2.75 bits per heavy atom. The van der Waals surface area contributed by atoms with E-state index in [9.17, 15) is 13.2 Å². The van der Waals surface area contributed by atoms with Crippen molar-refractivity contribution in [1.29, 1.82) is 0 Å². The van der Waals surface area contributed by atoms with E-state index in [4.69, 9.17) is 5.73 Å². The van der Waals surface area contributed by atoms with Crippen LogP contribution in [0.25, 0.3) is 0 Å². The summed E-state index contributed by atoms with van der Waals surface area (Å²) in [6.45, 7) is 1.77. The third kappa shape index (κ3) is 3.89. The highest BCUT2D eigenvalue weighted by molar-refractivity contribution is 8.00. The molecule has 1 heterocycles. The van der Waals surface area contributed by atoms with Crippen LogP contribution in [-0.4, -0.2) is 37.1 Å². The van der Waals surface area contributed by atoms with Crippen LogP contribution in [0.1, 0.15) is 13.3 Å². The number of nitrogen functional groups attached to an aromatic ring is 1. The van der Waals surface area contributed by atoms with Crippen molar-refractivity contribution >= 4 is 33.2 Å². The first-order valence-corrected chi connectivity index (χ1v) is 9.09. The second kappa shape index (κ2) is 5.65. The van der Waals surface area contributed by atoms with E-state index in [-0.39, 0.29) is 23.2 Å². The van der Waals surface area contributed by atoms with Gasteiger partial charge in [0.05, 0.1) is 22.8 Å². The minimum Gasteiger partial charge on any atom is -0.398 e. The fourth-order valence-corrected chi connectivity index (χ4v) is 5.10. The average Bonchev–Trinajstić information content (AvgIpc) is 2.62. The summed E-state index contributed by atoms with van der Waals surface area (Å²) in [5.41, 5.74) is 5.80. The van der Waals surface area contributed by atoms with Gasteiger partial charge >= 0.3 is 0 Å². The van der Waals surface area contributed by atoms with Crippen molar-refractivity contribution in [2.24, 2.45) is 0 Å². The zero-order chi connectivity index (χ0) is 14.8. The Labute approximate surface area is 123 Å². The predicted octanol–water partition coefficient (Wildman–Crippen LogP) is 1.05. The first kappa shape index (κ1) is 15.2. The SMILES string of the molecule is CC1(NC(=O)CSc2ccccc2N)CCS(=O)(=O)C1. The number of sulfone groups is 1. The molecule has 1 atom stereocenters. The molecule has 3 N–H and O–H groups in total. The molecule has 1 unspecified atom stereocenters. The number of nitrogens with one attached hydrogen (secondary N) is 1. The highest BCUT2D eigenvalue weighted by Crippen LogP contribution is 2.26. The van der Waals surface area contributed by atoms with E-state index < -0.39 is 15.4 Å². The molecule has 1 aromatic carbocycles. The summed E-state index contributed by atoms with van der Waals surface area (Å²) in [4.78, 5) is 12.8. The Balaban J connectivity index is 1.89. The van der Waals surface area contributed by atoms with E-state index in [1.54, 1.807) is 13.0 Å². The van der Waals surface area contributed by atoms with Crippen LogP contribution in [0.4, 0.5) is 5.69 Å². The Morgan fingerprint density at radius 2 is 2.15 bits per heavy atom. The first-order chi connectivity index (χ1) is 9.30. The van der Waals surface area contributed by atoms with Gasteiger partial charge in [-0.2, -0.15) is 0 Å². The van der Waals surface area contributed by atoms with Gasteiger partial charge in [0.15, 0.2) is 9.84 Å². The van der Waals surface area contributed by atoms with Gasteiger partial charge in [-0.1, -0.05) is 12.1 Å². The summed E-state index contributed by atoms with van der Waals surface area (Å²) in [5.74, 6) is 0.217. The van der Waals surface area contributed by atoms with Crippen molar-refractivity contribution in [3.8, 4) is 0 Å². The molecule has 0 saturated carbocycles. The normalized spacial score (nSPS) is 24.4. The summed E-state index contributed by atoms with van der Waals surface area (Å²) in [5, 5.41) is 2.82. The molecule has 1 amide bonds. The van der Waals surface area contributed by atoms with Gasteiger partial charge in [-0.05, 0) is 25.5 Å². The molecule has 1 aliphatic rings. The summed E-state index contributed by atoms with van der Waals surface area (Å²) in [7, 11) is -3.01. The number of rotatable bonds is 4. The molecule has 1 fully saturated rings. The number of nitrogens with two attached hydrogens (primary N) is 1. The van der Waals surface area contributed by atoms with E-state index >= 15 is 0 Å². The maximum Gasteiger partial charge on any atom is 0.230 e. The average molecular weight is 314 g/mol. The maximum atomic E-state index is 11.9. The number of carbonyl (C=O) groups excluding carboxylic acids is 1. The highest BCUT2D eigenvalue weighted by Gasteiger charge is 2.39. The van der Waals surface area contributed by atoms with Gasteiger partial charge in [0.1, 0.15) is 0 Å². The minimum atomic E-state index is -3.01. The molecule has 1 saturated heterocycles. The van der Waals surface area contributed by atoms with E-state index in [1.165, 1.54) is 11.8 Å². The first-order valence-electron chi connectivity index (χ1n) is 6.28. The fraction of sp³-hybridized carbons (Fsp3) is 0.462. The van der Waals surface area contributed by atoms with Gasteiger partial charge in [-0.3, -0.25) is 4.79 Å². The Morgan fingerprint density at radius 1 is 1.45 bits per heavy atom. The third-order valence-corrected chi connectivity index (χ3v) is 6.21. The molecule has 0 radical (unpaired) electrons. The van der Waals surface area contributed by atoms with Crippen LogP contribution in [0.15, 0.2) is 29.2 Å². The molecule has 110 valence electrons. The number of hydrogen-bond donors (Lipinski definition) is 2. The van der Waals surface area contributed by atoms with Crippen LogP contribution < -0.4 is 11.1 Å². The molecular weight excluding hydrogens is 296 g/mol. The van der Waals surface area contributed by atoms with E-state index in [0.29, 0.717) is 12.1 Å². The standard InChI is InChI=1S/C13H18N2O3S2/c1-13(6-7-20(17,18)9-13)15-12(16)8-19-11-5-3-2-4-10(11)14/h2-5H,6-9,14H2,1H3,(H,15,16). The Bertz CT molecular complexity index is 616. The molecular formula is C13H18N2O3S2. The fourth-order valence-electron chi connectivity index (χ4n) is 2.24. The number of carbonyl (C=O) groups is 1. The number of thioether (sulfide) groups is 1. The molecule has 0 aliphatic carbocycles. The highest BCUT2D eigenvalue weighted by atomic mass is 32.2. The molecule has 2 rings (SSSR count). The quantitative estimate of drug-likeness (QED) is 0.640. The second-order valence-electron chi connectivity index (χ2n) is 5.28. The third-order valence-electron chi connectivity index (χ3n) is 3.22. The maximum absolute atomic E-state index is 11.9. The summed E-state index contributed by atoms with van der Waals surface area (Å²) in [6.07, 6.45) is 0.471. The number of benzene rings is 1. The summed E-state index contributed by atoms with van der Waals surface area (Å²) >= 11 is 1.35. The number of amides is 1. The molecule has 1 aromatic rings.